The number of aromatic nitrogens is 1. The lowest BCUT2D eigenvalue weighted by Gasteiger charge is -2.03. The smallest absolute Gasteiger partial charge is 0.243 e. The summed E-state index contributed by atoms with van der Waals surface area (Å²) in [7, 11) is -2.15. The van der Waals surface area contributed by atoms with E-state index in [9.17, 15) is 8.42 Å². The molecule has 1 heterocycles. The van der Waals surface area contributed by atoms with Gasteiger partial charge in [-0.05, 0) is 19.2 Å². The monoisotopic (exact) mass is 187 g/mol. The molecule has 0 aliphatic heterocycles. The topological polar surface area (TPSA) is 85.1 Å². The minimum atomic E-state index is -3.47. The molecule has 0 aromatic carbocycles. The summed E-state index contributed by atoms with van der Waals surface area (Å²) in [6.07, 6.45) is 1.43. The van der Waals surface area contributed by atoms with Crippen molar-refractivity contribution in [3.05, 3.63) is 18.3 Å². The predicted octanol–water partition coefficient (Wildman–Crippen LogP) is -0.428. The van der Waals surface area contributed by atoms with Crippen LogP contribution in [0.1, 0.15) is 0 Å². The van der Waals surface area contributed by atoms with Crippen molar-refractivity contribution in [2.45, 2.75) is 4.90 Å². The predicted molar refractivity (Wildman–Crippen MR) is 44.9 cm³/mol. The van der Waals surface area contributed by atoms with Crippen molar-refractivity contribution in [2.24, 2.45) is 0 Å². The summed E-state index contributed by atoms with van der Waals surface area (Å²) in [5.74, 6) is 0.00634. The first kappa shape index (κ1) is 8.95. The quantitative estimate of drug-likeness (QED) is 0.658. The van der Waals surface area contributed by atoms with Gasteiger partial charge in [-0.25, -0.2) is 18.1 Å². The molecule has 0 amide bonds. The molecule has 0 saturated heterocycles. The van der Waals surface area contributed by atoms with E-state index in [1.165, 1.54) is 25.4 Å². The highest BCUT2D eigenvalue weighted by molar-refractivity contribution is 7.89. The van der Waals surface area contributed by atoms with Gasteiger partial charge >= 0.3 is 0 Å². The summed E-state index contributed by atoms with van der Waals surface area (Å²) >= 11 is 0. The summed E-state index contributed by atoms with van der Waals surface area (Å²) in [5.41, 5.74) is 5.35. The lowest BCUT2D eigenvalue weighted by atomic mass is 10.5. The minimum absolute atomic E-state index is 0.00634. The number of sulfonamides is 1. The molecule has 5 nitrogen and oxygen atoms in total. The molecule has 1 aromatic heterocycles. The maximum atomic E-state index is 11.2. The van der Waals surface area contributed by atoms with Gasteiger partial charge in [0.05, 0.1) is 0 Å². The van der Waals surface area contributed by atoms with Crippen molar-refractivity contribution in [3.63, 3.8) is 0 Å². The second-order valence-electron chi connectivity index (χ2n) is 2.09. The average molecular weight is 187 g/mol. The van der Waals surface area contributed by atoms with E-state index in [0.29, 0.717) is 0 Å². The van der Waals surface area contributed by atoms with Crippen LogP contribution in [0, 0.1) is 0 Å². The third-order valence-corrected chi connectivity index (χ3v) is 2.82. The Morgan fingerprint density at radius 2 is 2.25 bits per heavy atom. The second-order valence-corrected chi connectivity index (χ2v) is 3.95. The number of hydrogen-bond acceptors (Lipinski definition) is 4. The number of nitrogen functional groups attached to an aromatic ring is 1. The van der Waals surface area contributed by atoms with Crippen LogP contribution in [0.2, 0.25) is 0 Å². The molecule has 0 spiro atoms. The molecule has 0 atom stereocenters. The van der Waals surface area contributed by atoms with Crippen LogP contribution in [-0.2, 0) is 10.0 Å². The number of anilines is 1. The van der Waals surface area contributed by atoms with Crippen molar-refractivity contribution < 1.29 is 8.42 Å². The Balaban J connectivity index is 3.30. The normalized spacial score (nSPS) is 11.4. The largest absolute Gasteiger partial charge is 0.383 e. The van der Waals surface area contributed by atoms with Crippen molar-refractivity contribution in [1.82, 2.24) is 9.71 Å². The number of hydrogen-bond donors (Lipinski definition) is 2. The van der Waals surface area contributed by atoms with Gasteiger partial charge in [-0.15, -0.1) is 0 Å². The van der Waals surface area contributed by atoms with Crippen molar-refractivity contribution in [3.8, 4) is 0 Å². The zero-order chi connectivity index (χ0) is 9.19. The zero-order valence-electron chi connectivity index (χ0n) is 6.48. The first-order chi connectivity index (χ1) is 5.58. The van der Waals surface area contributed by atoms with E-state index in [4.69, 9.17) is 5.73 Å². The van der Waals surface area contributed by atoms with E-state index in [1.807, 2.05) is 0 Å². The Hall–Kier alpha value is -1.14. The van der Waals surface area contributed by atoms with Gasteiger partial charge in [0.15, 0.2) is 0 Å². The lowest BCUT2D eigenvalue weighted by molar-refractivity contribution is 0.588. The number of nitrogens with zero attached hydrogens (tertiary/aromatic N) is 1. The van der Waals surface area contributed by atoms with Gasteiger partial charge in [0.25, 0.3) is 0 Å². The van der Waals surface area contributed by atoms with Gasteiger partial charge in [-0.2, -0.15) is 0 Å². The fraction of sp³-hybridized carbons (Fsp3) is 0.167. The van der Waals surface area contributed by atoms with Crippen LogP contribution in [0.4, 0.5) is 5.82 Å². The zero-order valence-corrected chi connectivity index (χ0v) is 7.30. The molecule has 0 aliphatic rings. The molecule has 66 valence electrons. The molecule has 0 unspecified atom stereocenters. The highest BCUT2D eigenvalue weighted by Gasteiger charge is 2.14. The summed E-state index contributed by atoms with van der Waals surface area (Å²) < 4.78 is 24.5. The molecule has 1 aromatic rings. The summed E-state index contributed by atoms with van der Waals surface area (Å²) in [5, 5.41) is 0. The molecular weight excluding hydrogens is 178 g/mol. The molecule has 0 aliphatic carbocycles. The molecule has 0 radical (unpaired) electrons. The highest BCUT2D eigenvalue weighted by Crippen LogP contribution is 2.12. The molecular formula is C6H9N3O2S. The van der Waals surface area contributed by atoms with Gasteiger partial charge in [0.2, 0.25) is 10.0 Å². The fourth-order valence-electron chi connectivity index (χ4n) is 0.740. The summed E-state index contributed by atoms with van der Waals surface area (Å²) in [6, 6.07) is 2.91. The molecule has 0 saturated carbocycles. The maximum absolute atomic E-state index is 11.2. The molecule has 3 N–H and O–H groups in total. The highest BCUT2D eigenvalue weighted by atomic mass is 32.2. The van der Waals surface area contributed by atoms with Crippen molar-refractivity contribution >= 4 is 15.8 Å². The van der Waals surface area contributed by atoms with E-state index < -0.39 is 10.0 Å². The summed E-state index contributed by atoms with van der Waals surface area (Å²) in [4.78, 5) is 3.66. The Bertz CT molecular complexity index is 374. The minimum Gasteiger partial charge on any atom is -0.383 e. The van der Waals surface area contributed by atoms with E-state index in [2.05, 4.69) is 9.71 Å². The second kappa shape index (κ2) is 3.08. The van der Waals surface area contributed by atoms with Crippen LogP contribution < -0.4 is 10.5 Å². The van der Waals surface area contributed by atoms with E-state index >= 15 is 0 Å². The van der Waals surface area contributed by atoms with Gasteiger partial charge in [0, 0.05) is 6.20 Å². The molecule has 0 bridgehead atoms. The maximum Gasteiger partial charge on any atom is 0.243 e. The SMILES string of the molecule is CNS(=O)(=O)c1cccnc1N. The van der Waals surface area contributed by atoms with Gasteiger partial charge in [0.1, 0.15) is 10.7 Å². The summed E-state index contributed by atoms with van der Waals surface area (Å²) in [6.45, 7) is 0. The average Bonchev–Trinajstić information content (AvgIpc) is 2.05. The third-order valence-electron chi connectivity index (χ3n) is 1.36. The van der Waals surface area contributed by atoms with Crippen molar-refractivity contribution in [1.29, 1.82) is 0 Å². The van der Waals surface area contributed by atoms with E-state index in [-0.39, 0.29) is 10.7 Å². The van der Waals surface area contributed by atoms with Gasteiger partial charge in [-0.1, -0.05) is 0 Å². The van der Waals surface area contributed by atoms with Crippen LogP contribution in [0.15, 0.2) is 23.2 Å². The van der Waals surface area contributed by atoms with Crippen LogP contribution in [0.5, 0.6) is 0 Å². The number of nitrogens with two attached hydrogens (primary N) is 1. The number of rotatable bonds is 2. The first-order valence-electron chi connectivity index (χ1n) is 3.22. The van der Waals surface area contributed by atoms with E-state index in [0.717, 1.165) is 0 Å². The fourth-order valence-corrected chi connectivity index (χ4v) is 1.55. The van der Waals surface area contributed by atoms with E-state index in [1.54, 1.807) is 0 Å². The molecule has 1 rings (SSSR count). The van der Waals surface area contributed by atoms with Crippen LogP contribution in [-0.4, -0.2) is 20.4 Å². The molecule has 6 heteroatoms. The van der Waals surface area contributed by atoms with Gasteiger partial charge in [-0.3, -0.25) is 0 Å². The van der Waals surface area contributed by atoms with Crippen LogP contribution >= 0.6 is 0 Å². The number of pyridine rings is 1. The lowest BCUT2D eigenvalue weighted by Crippen LogP contribution is -2.20. The van der Waals surface area contributed by atoms with Crippen molar-refractivity contribution in [2.75, 3.05) is 12.8 Å². The standard InChI is InChI=1S/C6H9N3O2S/c1-8-12(10,11)5-3-2-4-9-6(5)7/h2-4,8H,1H3,(H2,7,9). The molecule has 12 heavy (non-hydrogen) atoms. The number of nitrogens with one attached hydrogen (secondary N) is 1. The first-order valence-corrected chi connectivity index (χ1v) is 4.70. The third kappa shape index (κ3) is 1.54. The van der Waals surface area contributed by atoms with Crippen LogP contribution in [0.3, 0.4) is 0 Å². The Kier molecular flexibility index (Phi) is 2.30. The van der Waals surface area contributed by atoms with Gasteiger partial charge < -0.3 is 5.73 Å². The van der Waals surface area contributed by atoms with Crippen LogP contribution in [0.25, 0.3) is 0 Å². The Labute approximate surface area is 70.7 Å². The Morgan fingerprint density at radius 3 is 2.75 bits per heavy atom. The Morgan fingerprint density at radius 1 is 1.58 bits per heavy atom. The molecule has 0 fully saturated rings.